The van der Waals surface area contributed by atoms with Crippen molar-refractivity contribution in [3.63, 3.8) is 0 Å². The molecule has 0 bridgehead atoms. The second kappa shape index (κ2) is 7.99. The maximum Gasteiger partial charge on any atom is 0.322 e. The topological polar surface area (TPSA) is 87.7 Å². The first-order valence-corrected chi connectivity index (χ1v) is 10.3. The van der Waals surface area contributed by atoms with Gasteiger partial charge in [-0.3, -0.25) is 14.9 Å². The summed E-state index contributed by atoms with van der Waals surface area (Å²) in [7, 11) is 0. The molecule has 2 aliphatic rings. The highest BCUT2D eigenvalue weighted by molar-refractivity contribution is 14.1. The minimum absolute atomic E-state index is 0.0240. The number of ether oxygens (including phenoxy) is 1. The molecule has 7 nitrogen and oxygen atoms in total. The van der Waals surface area contributed by atoms with Crippen LogP contribution in [0, 0.1) is 15.4 Å². The van der Waals surface area contributed by atoms with Gasteiger partial charge in [0.2, 0.25) is 0 Å². The van der Waals surface area contributed by atoms with Gasteiger partial charge in [-0.15, -0.1) is 5.92 Å². The van der Waals surface area contributed by atoms with Crippen LogP contribution in [0.2, 0.25) is 0 Å². The second-order valence-electron chi connectivity index (χ2n) is 7.02. The third-order valence-electron chi connectivity index (χ3n) is 5.15. The molecule has 0 aliphatic carbocycles. The van der Waals surface area contributed by atoms with E-state index in [0.29, 0.717) is 23.4 Å². The van der Waals surface area contributed by atoms with Gasteiger partial charge >= 0.3 is 6.03 Å². The summed E-state index contributed by atoms with van der Waals surface area (Å²) in [5.41, 5.74) is 0.655. The molecule has 0 saturated carbocycles. The summed E-state index contributed by atoms with van der Waals surface area (Å²) in [5, 5.41) is 5.04. The fraction of sp³-hybridized carbons (Fsp3) is 0.227. The van der Waals surface area contributed by atoms with Crippen molar-refractivity contribution in [3.8, 4) is 17.6 Å². The lowest BCUT2D eigenvalue weighted by Gasteiger charge is -2.31. The molecule has 30 heavy (non-hydrogen) atoms. The fourth-order valence-electron chi connectivity index (χ4n) is 3.67. The highest BCUT2D eigenvalue weighted by Gasteiger charge is 2.50. The van der Waals surface area contributed by atoms with E-state index >= 15 is 0 Å². The van der Waals surface area contributed by atoms with Gasteiger partial charge < -0.3 is 15.0 Å². The van der Waals surface area contributed by atoms with E-state index in [0.717, 1.165) is 9.13 Å². The van der Waals surface area contributed by atoms with Crippen molar-refractivity contribution in [2.45, 2.75) is 19.0 Å². The van der Waals surface area contributed by atoms with E-state index in [1.807, 2.05) is 18.2 Å². The Hall–Kier alpha value is -3.06. The maximum absolute atomic E-state index is 13.1. The van der Waals surface area contributed by atoms with Gasteiger partial charge in [0.05, 0.1) is 6.54 Å². The van der Waals surface area contributed by atoms with Crippen molar-refractivity contribution in [1.82, 2.24) is 15.5 Å². The molecule has 2 aliphatic heterocycles. The zero-order chi connectivity index (χ0) is 21.3. The van der Waals surface area contributed by atoms with E-state index in [4.69, 9.17) is 4.74 Å². The van der Waals surface area contributed by atoms with Crippen LogP contribution >= 0.6 is 22.6 Å². The Kier molecular flexibility index (Phi) is 5.39. The number of nitrogens with zero attached hydrogens (tertiary/aromatic N) is 1. The van der Waals surface area contributed by atoms with Crippen molar-refractivity contribution in [3.05, 3.63) is 62.7 Å². The van der Waals surface area contributed by atoms with E-state index in [-0.39, 0.29) is 19.1 Å². The largest absolute Gasteiger partial charge is 0.481 e. The number of hydrogen-bond donors (Lipinski definition) is 2. The van der Waals surface area contributed by atoms with Crippen LogP contribution in [0.25, 0.3) is 0 Å². The van der Waals surface area contributed by atoms with E-state index < -0.39 is 17.5 Å². The van der Waals surface area contributed by atoms with Gasteiger partial charge in [-0.25, -0.2) is 4.79 Å². The number of rotatable bonds is 5. The molecular weight excluding hydrogens is 497 g/mol. The molecule has 1 fully saturated rings. The van der Waals surface area contributed by atoms with Crippen LogP contribution in [-0.4, -0.2) is 35.9 Å². The molecule has 4 rings (SSSR count). The molecule has 4 amide bonds. The zero-order valence-electron chi connectivity index (χ0n) is 16.1. The molecule has 2 N–H and O–H groups in total. The molecule has 2 aromatic carbocycles. The summed E-state index contributed by atoms with van der Waals surface area (Å²) in [5.74, 6) is 5.45. The summed E-state index contributed by atoms with van der Waals surface area (Å²) in [6.07, 6.45) is 0. The van der Waals surface area contributed by atoms with E-state index in [2.05, 4.69) is 45.1 Å². The van der Waals surface area contributed by atoms with E-state index in [9.17, 15) is 14.4 Å². The Balaban J connectivity index is 1.62. The third-order valence-corrected chi connectivity index (χ3v) is 5.87. The first-order valence-electron chi connectivity index (χ1n) is 9.27. The van der Waals surface area contributed by atoms with Gasteiger partial charge in [0.25, 0.3) is 11.8 Å². The summed E-state index contributed by atoms with van der Waals surface area (Å²) in [6.45, 7) is 2.35. The molecule has 0 radical (unpaired) electrons. The number of hydrogen-bond acceptors (Lipinski definition) is 4. The average molecular weight is 515 g/mol. The number of imide groups is 1. The van der Waals surface area contributed by atoms with Gasteiger partial charge in [-0.05, 0) is 64.9 Å². The van der Waals surface area contributed by atoms with Crippen LogP contribution in [-0.2, 0) is 16.9 Å². The number of amides is 4. The lowest BCUT2D eigenvalue weighted by molar-refractivity contribution is -0.124. The van der Waals surface area contributed by atoms with Crippen molar-refractivity contribution in [1.29, 1.82) is 0 Å². The van der Waals surface area contributed by atoms with E-state index in [1.54, 1.807) is 36.1 Å². The number of halogens is 1. The third kappa shape index (κ3) is 3.61. The first-order chi connectivity index (χ1) is 14.4. The van der Waals surface area contributed by atoms with Crippen LogP contribution in [0.5, 0.6) is 5.75 Å². The maximum atomic E-state index is 13.1. The van der Waals surface area contributed by atoms with Crippen molar-refractivity contribution in [2.24, 2.45) is 0 Å². The van der Waals surface area contributed by atoms with Crippen LogP contribution in [0.1, 0.15) is 28.4 Å². The molecular formula is C22H18IN3O4. The molecule has 0 spiro atoms. The number of carbonyl (C=O) groups is 3. The first kappa shape index (κ1) is 20.2. The minimum Gasteiger partial charge on any atom is -0.481 e. The number of carbonyl (C=O) groups excluding carboxylic acids is 3. The fourth-order valence-corrected chi connectivity index (χ4v) is 4.03. The Morgan fingerprint density at radius 3 is 2.60 bits per heavy atom. The highest BCUT2D eigenvalue weighted by atomic mass is 127. The molecule has 1 atom stereocenters. The Morgan fingerprint density at radius 1 is 1.17 bits per heavy atom. The SMILES string of the molecule is CC#CCOc1ccc2c(c1)C(=O)N(C[C@@]1(c3ccc(I)cc3)NC(=O)NC1=O)C2. The highest BCUT2D eigenvalue weighted by Crippen LogP contribution is 2.32. The number of fused-ring (bicyclic) bond motifs is 1. The van der Waals surface area contributed by atoms with E-state index in [1.165, 1.54) is 0 Å². The number of nitrogens with one attached hydrogen (secondary N) is 2. The average Bonchev–Trinajstić information content (AvgIpc) is 3.19. The van der Waals surface area contributed by atoms with Gasteiger partial charge in [-0.2, -0.15) is 0 Å². The van der Waals surface area contributed by atoms with Gasteiger partial charge in [0, 0.05) is 15.7 Å². The molecule has 152 valence electrons. The second-order valence-corrected chi connectivity index (χ2v) is 8.26. The predicted octanol–water partition coefficient (Wildman–Crippen LogP) is 2.38. The monoisotopic (exact) mass is 515 g/mol. The summed E-state index contributed by atoms with van der Waals surface area (Å²) in [6, 6.07) is 12.1. The Labute approximate surface area is 187 Å². The molecule has 0 aromatic heterocycles. The summed E-state index contributed by atoms with van der Waals surface area (Å²) in [4.78, 5) is 39.4. The predicted molar refractivity (Wildman–Crippen MR) is 118 cm³/mol. The number of urea groups is 1. The van der Waals surface area contributed by atoms with Crippen LogP contribution in [0.3, 0.4) is 0 Å². The van der Waals surface area contributed by atoms with Crippen molar-refractivity contribution >= 4 is 40.4 Å². The van der Waals surface area contributed by atoms with Crippen molar-refractivity contribution in [2.75, 3.05) is 13.2 Å². The van der Waals surface area contributed by atoms with Gasteiger partial charge in [0.1, 0.15) is 12.4 Å². The molecule has 1 saturated heterocycles. The summed E-state index contributed by atoms with van der Waals surface area (Å²) >= 11 is 2.17. The quantitative estimate of drug-likeness (QED) is 0.364. The molecule has 2 heterocycles. The van der Waals surface area contributed by atoms with Crippen molar-refractivity contribution < 1.29 is 19.1 Å². The standard InChI is InChI=1S/C22H18IN3O4/c1-2-3-10-30-17-9-4-14-12-26(19(27)18(14)11-17)13-22(20(28)24-21(29)25-22)15-5-7-16(23)8-6-15/h4-9,11H,10,12-13H2,1H3,(H2,24,25,28,29)/t22-/m0/s1. The van der Waals surface area contributed by atoms with Crippen LogP contribution < -0.4 is 15.4 Å². The zero-order valence-corrected chi connectivity index (χ0v) is 18.3. The lowest BCUT2D eigenvalue weighted by atomic mass is 9.89. The minimum atomic E-state index is -1.34. The van der Waals surface area contributed by atoms with Gasteiger partial charge in [-0.1, -0.05) is 24.1 Å². The Morgan fingerprint density at radius 2 is 1.93 bits per heavy atom. The Bertz CT molecular complexity index is 1100. The molecule has 8 heteroatoms. The molecule has 0 unspecified atom stereocenters. The lowest BCUT2D eigenvalue weighted by Crippen LogP contribution is -2.52. The van der Waals surface area contributed by atoms with Crippen LogP contribution in [0.15, 0.2) is 42.5 Å². The molecule has 2 aromatic rings. The van der Waals surface area contributed by atoms with Gasteiger partial charge in [0.15, 0.2) is 5.54 Å². The number of benzene rings is 2. The van der Waals surface area contributed by atoms with Crippen LogP contribution in [0.4, 0.5) is 4.79 Å². The normalized spacial score (nSPS) is 19.7. The summed E-state index contributed by atoms with van der Waals surface area (Å²) < 4.78 is 6.56. The smallest absolute Gasteiger partial charge is 0.322 e.